The summed E-state index contributed by atoms with van der Waals surface area (Å²) in [5.41, 5.74) is 0.392. The number of nitrogens with zero attached hydrogens (tertiary/aromatic N) is 2. The highest BCUT2D eigenvalue weighted by molar-refractivity contribution is 7.89. The van der Waals surface area contributed by atoms with Crippen LogP contribution in [0.25, 0.3) is 0 Å². The number of hydrogen-bond acceptors (Lipinski definition) is 5. The Kier molecular flexibility index (Phi) is 8.89. The van der Waals surface area contributed by atoms with Gasteiger partial charge in [-0.05, 0) is 37.0 Å². The molecule has 31 heavy (non-hydrogen) atoms. The van der Waals surface area contributed by atoms with Crippen molar-refractivity contribution in [1.29, 1.82) is 0 Å². The third kappa shape index (κ3) is 6.06. The number of rotatable bonds is 9. The van der Waals surface area contributed by atoms with Gasteiger partial charge in [0, 0.05) is 44.3 Å². The summed E-state index contributed by atoms with van der Waals surface area (Å²) >= 11 is 0. The summed E-state index contributed by atoms with van der Waals surface area (Å²) in [6, 6.07) is 6.70. The first-order valence-corrected chi connectivity index (χ1v) is 13.1. The normalized spacial score (nSPS) is 20.0. The third-order valence-corrected chi connectivity index (χ3v) is 8.52. The van der Waals surface area contributed by atoms with Crippen LogP contribution in [0.5, 0.6) is 0 Å². The maximum atomic E-state index is 13.0. The maximum Gasteiger partial charge on any atom is 0.251 e. The van der Waals surface area contributed by atoms with E-state index in [1.807, 2.05) is 0 Å². The smallest absolute Gasteiger partial charge is 0.251 e. The van der Waals surface area contributed by atoms with Crippen LogP contribution in [0, 0.1) is 5.92 Å². The van der Waals surface area contributed by atoms with Gasteiger partial charge in [0.25, 0.3) is 5.91 Å². The molecule has 2 aliphatic rings. The molecule has 7 nitrogen and oxygen atoms in total. The highest BCUT2D eigenvalue weighted by Crippen LogP contribution is 2.22. The van der Waals surface area contributed by atoms with E-state index in [1.54, 1.807) is 18.2 Å². The van der Waals surface area contributed by atoms with E-state index in [2.05, 4.69) is 24.1 Å². The van der Waals surface area contributed by atoms with Gasteiger partial charge in [-0.15, -0.1) is 0 Å². The first-order valence-electron chi connectivity index (χ1n) is 11.7. The van der Waals surface area contributed by atoms with Crippen LogP contribution in [0.3, 0.4) is 0 Å². The Labute approximate surface area is 187 Å². The molecule has 0 radical (unpaired) electrons. The number of carbonyl (C=O) groups excluding carboxylic acids is 1. The lowest BCUT2D eigenvalue weighted by Gasteiger charge is -2.38. The highest BCUT2D eigenvalue weighted by Gasteiger charge is 2.29. The van der Waals surface area contributed by atoms with Crippen molar-refractivity contribution in [3.63, 3.8) is 0 Å². The number of ether oxygens (including phenoxy) is 1. The average molecular weight is 452 g/mol. The molecule has 0 spiro atoms. The van der Waals surface area contributed by atoms with Crippen LogP contribution < -0.4 is 5.32 Å². The van der Waals surface area contributed by atoms with Crippen molar-refractivity contribution < 1.29 is 17.9 Å². The van der Waals surface area contributed by atoms with Crippen LogP contribution in [0.15, 0.2) is 29.2 Å². The van der Waals surface area contributed by atoms with Gasteiger partial charge in [0.1, 0.15) is 0 Å². The Bertz CT molecular complexity index is 814. The quantitative estimate of drug-likeness (QED) is 0.625. The predicted molar refractivity (Wildman–Crippen MR) is 122 cm³/mol. The minimum Gasteiger partial charge on any atom is -0.379 e. The second-order valence-corrected chi connectivity index (χ2v) is 10.4. The third-order valence-electron chi connectivity index (χ3n) is 6.63. The number of amides is 1. The molecule has 174 valence electrons. The van der Waals surface area contributed by atoms with E-state index in [-0.39, 0.29) is 16.8 Å². The van der Waals surface area contributed by atoms with Crippen LogP contribution in [-0.2, 0) is 14.8 Å². The Morgan fingerprint density at radius 2 is 1.74 bits per heavy atom. The summed E-state index contributed by atoms with van der Waals surface area (Å²) in [6.07, 6.45) is 4.95. The number of benzene rings is 1. The number of sulfonamides is 1. The second-order valence-electron chi connectivity index (χ2n) is 8.49. The van der Waals surface area contributed by atoms with E-state index in [0.29, 0.717) is 31.1 Å². The predicted octanol–water partition coefficient (Wildman–Crippen LogP) is 2.73. The molecular formula is C23H37N3O4S. The molecule has 2 saturated heterocycles. The van der Waals surface area contributed by atoms with Gasteiger partial charge in [0.15, 0.2) is 0 Å². The molecule has 2 heterocycles. The van der Waals surface area contributed by atoms with E-state index in [9.17, 15) is 13.2 Å². The summed E-state index contributed by atoms with van der Waals surface area (Å²) < 4.78 is 33.0. The zero-order valence-corrected chi connectivity index (χ0v) is 19.7. The number of hydrogen-bond donors (Lipinski definition) is 1. The van der Waals surface area contributed by atoms with Crippen LogP contribution in [0.1, 0.15) is 56.3 Å². The van der Waals surface area contributed by atoms with Crippen LogP contribution in [-0.4, -0.2) is 75.5 Å². The zero-order valence-electron chi connectivity index (χ0n) is 18.9. The van der Waals surface area contributed by atoms with Crippen molar-refractivity contribution in [1.82, 2.24) is 14.5 Å². The van der Waals surface area contributed by atoms with Crippen molar-refractivity contribution in [2.45, 2.75) is 56.9 Å². The Hall–Kier alpha value is -1.48. The lowest BCUT2D eigenvalue weighted by molar-refractivity contribution is 0.00191. The molecule has 1 atom stereocenters. The first kappa shape index (κ1) is 24.2. The van der Waals surface area contributed by atoms with Gasteiger partial charge in [-0.3, -0.25) is 9.69 Å². The van der Waals surface area contributed by atoms with Crippen molar-refractivity contribution >= 4 is 15.9 Å². The van der Waals surface area contributed by atoms with Crippen molar-refractivity contribution in [2.75, 3.05) is 45.9 Å². The van der Waals surface area contributed by atoms with E-state index >= 15 is 0 Å². The summed E-state index contributed by atoms with van der Waals surface area (Å²) in [6.45, 7) is 9.24. The fraction of sp³-hybridized carbons (Fsp3) is 0.696. The van der Waals surface area contributed by atoms with Gasteiger partial charge in [0.2, 0.25) is 10.0 Å². The Balaban J connectivity index is 1.69. The van der Waals surface area contributed by atoms with Gasteiger partial charge in [0.05, 0.1) is 18.1 Å². The van der Waals surface area contributed by atoms with Crippen molar-refractivity contribution in [2.24, 2.45) is 5.92 Å². The molecule has 1 unspecified atom stereocenters. The molecule has 0 saturated carbocycles. The first-order chi connectivity index (χ1) is 15.0. The standard InChI is InChI=1S/C23H37N3O4S/c1-3-19(4-2)22(25-13-15-30-16-14-25)18-24-23(27)20-9-8-10-21(17-20)31(28,29)26-11-6-5-7-12-26/h8-10,17,19,22H,3-7,11-16,18H2,1-2H3,(H,24,27). The summed E-state index contributed by atoms with van der Waals surface area (Å²) in [5, 5.41) is 3.07. The van der Waals surface area contributed by atoms with E-state index in [1.165, 1.54) is 10.4 Å². The van der Waals surface area contributed by atoms with E-state index < -0.39 is 10.0 Å². The largest absolute Gasteiger partial charge is 0.379 e. The van der Waals surface area contributed by atoms with Crippen LogP contribution in [0.2, 0.25) is 0 Å². The molecular weight excluding hydrogens is 414 g/mol. The van der Waals surface area contributed by atoms with Gasteiger partial charge in [-0.25, -0.2) is 8.42 Å². The van der Waals surface area contributed by atoms with E-state index in [4.69, 9.17) is 4.74 Å². The van der Waals surface area contributed by atoms with Crippen LogP contribution in [0.4, 0.5) is 0 Å². The van der Waals surface area contributed by atoms with Crippen molar-refractivity contribution in [3.05, 3.63) is 29.8 Å². The topological polar surface area (TPSA) is 79.0 Å². The van der Waals surface area contributed by atoms with E-state index in [0.717, 1.165) is 58.4 Å². The molecule has 8 heteroatoms. The Morgan fingerprint density at radius 3 is 2.39 bits per heavy atom. The lowest BCUT2D eigenvalue weighted by atomic mass is 9.92. The number of carbonyl (C=O) groups is 1. The zero-order chi connectivity index (χ0) is 22.3. The summed E-state index contributed by atoms with van der Waals surface area (Å²) in [5.74, 6) is 0.268. The highest BCUT2D eigenvalue weighted by atomic mass is 32.2. The minimum atomic E-state index is -3.56. The van der Waals surface area contributed by atoms with Gasteiger partial charge in [-0.1, -0.05) is 39.2 Å². The molecule has 1 amide bonds. The van der Waals surface area contributed by atoms with Gasteiger partial charge < -0.3 is 10.1 Å². The average Bonchev–Trinajstić information content (AvgIpc) is 2.82. The van der Waals surface area contributed by atoms with Crippen molar-refractivity contribution in [3.8, 4) is 0 Å². The fourth-order valence-corrected chi connectivity index (χ4v) is 6.25. The molecule has 0 bridgehead atoms. The maximum absolute atomic E-state index is 13.0. The monoisotopic (exact) mass is 451 g/mol. The molecule has 0 aliphatic carbocycles. The fourth-order valence-electron chi connectivity index (χ4n) is 4.69. The second kappa shape index (κ2) is 11.4. The summed E-state index contributed by atoms with van der Waals surface area (Å²) in [4.78, 5) is 15.5. The molecule has 1 N–H and O–H groups in total. The lowest BCUT2D eigenvalue weighted by Crippen LogP contribution is -2.52. The Morgan fingerprint density at radius 1 is 1.06 bits per heavy atom. The molecule has 2 aliphatic heterocycles. The summed E-state index contributed by atoms with van der Waals surface area (Å²) in [7, 11) is -3.56. The molecule has 2 fully saturated rings. The van der Waals surface area contributed by atoms with Gasteiger partial charge >= 0.3 is 0 Å². The number of nitrogens with one attached hydrogen (secondary N) is 1. The molecule has 1 aromatic rings. The molecule has 3 rings (SSSR count). The number of morpholine rings is 1. The number of piperidine rings is 1. The van der Waals surface area contributed by atoms with Gasteiger partial charge in [-0.2, -0.15) is 4.31 Å². The molecule has 1 aromatic carbocycles. The minimum absolute atomic E-state index is 0.201. The molecule has 0 aromatic heterocycles. The SMILES string of the molecule is CCC(CC)C(CNC(=O)c1cccc(S(=O)(=O)N2CCCCC2)c1)N1CCOCC1. The van der Waals surface area contributed by atoms with Crippen LogP contribution >= 0.6 is 0 Å².